The maximum atomic E-state index is 11.3. The van der Waals surface area contributed by atoms with Crippen molar-refractivity contribution in [2.75, 3.05) is 19.8 Å². The van der Waals surface area contributed by atoms with Gasteiger partial charge in [0.05, 0.1) is 5.92 Å². The lowest BCUT2D eigenvalue weighted by Crippen LogP contribution is -2.16. The van der Waals surface area contributed by atoms with Gasteiger partial charge < -0.3 is 10.0 Å². The van der Waals surface area contributed by atoms with Crippen LogP contribution < -0.4 is 0 Å². The number of hydrogen-bond acceptors (Lipinski definition) is 3. The van der Waals surface area contributed by atoms with Gasteiger partial charge in [-0.05, 0) is 37.0 Å². The summed E-state index contributed by atoms with van der Waals surface area (Å²) < 4.78 is 0. The van der Waals surface area contributed by atoms with E-state index in [2.05, 4.69) is 12.1 Å². The minimum atomic E-state index is -0.688. The van der Waals surface area contributed by atoms with Gasteiger partial charge in [0.1, 0.15) is 0 Å². The van der Waals surface area contributed by atoms with Crippen LogP contribution in [0.25, 0.3) is 0 Å². The van der Waals surface area contributed by atoms with Crippen molar-refractivity contribution in [2.24, 2.45) is 5.92 Å². The van der Waals surface area contributed by atoms with Crippen molar-refractivity contribution in [2.45, 2.75) is 24.2 Å². The third-order valence-corrected chi connectivity index (χ3v) is 4.79. The normalized spacial score (nSPS) is 11.0. The summed E-state index contributed by atoms with van der Waals surface area (Å²) in [7, 11) is 3.38. The molecule has 0 aliphatic carbocycles. The van der Waals surface area contributed by atoms with Crippen LogP contribution in [0, 0.1) is 5.92 Å². The first-order valence-electron chi connectivity index (χ1n) is 8.59. The number of hydrogen-bond donors (Lipinski definition) is 1. The number of aryl methyl sites for hydroxylation is 1. The Labute approximate surface area is 160 Å². The standard InChI is InChI=1S/C18H20O2S.C3H7NO/c19-18(20)16(14-21-17-12-5-2-6-13-17)11-7-10-15-8-3-1-4-9-15;1-4(2)3-5/h1-6,8-9,12-13,16H,7,10-11,14H2,(H,19,20);3H,1-2H3. The Morgan fingerprint density at radius 2 is 1.62 bits per heavy atom. The zero-order valence-electron chi connectivity index (χ0n) is 15.4. The molecule has 0 spiro atoms. The summed E-state index contributed by atoms with van der Waals surface area (Å²) in [6.45, 7) is 0. The quantitative estimate of drug-likeness (QED) is 0.528. The number of rotatable bonds is 9. The van der Waals surface area contributed by atoms with E-state index in [-0.39, 0.29) is 5.92 Å². The third kappa shape index (κ3) is 9.89. The lowest BCUT2D eigenvalue weighted by atomic mass is 10.0. The third-order valence-electron chi connectivity index (χ3n) is 3.62. The summed E-state index contributed by atoms with van der Waals surface area (Å²) in [5.41, 5.74) is 1.28. The Hall–Kier alpha value is -2.27. The van der Waals surface area contributed by atoms with Gasteiger partial charge in [0.2, 0.25) is 6.41 Å². The van der Waals surface area contributed by atoms with E-state index >= 15 is 0 Å². The van der Waals surface area contributed by atoms with E-state index in [1.807, 2.05) is 48.5 Å². The van der Waals surface area contributed by atoms with Gasteiger partial charge in [0, 0.05) is 24.7 Å². The van der Waals surface area contributed by atoms with Crippen molar-refractivity contribution in [3.05, 3.63) is 66.2 Å². The van der Waals surface area contributed by atoms with E-state index in [4.69, 9.17) is 0 Å². The van der Waals surface area contributed by atoms with E-state index < -0.39 is 5.97 Å². The maximum Gasteiger partial charge on any atom is 0.307 e. The molecule has 0 saturated carbocycles. The lowest BCUT2D eigenvalue weighted by molar-refractivity contribution is -0.141. The van der Waals surface area contributed by atoms with Gasteiger partial charge >= 0.3 is 5.97 Å². The van der Waals surface area contributed by atoms with Gasteiger partial charge in [-0.25, -0.2) is 0 Å². The molecule has 0 aromatic heterocycles. The number of benzene rings is 2. The number of carboxylic acids is 1. The van der Waals surface area contributed by atoms with Gasteiger partial charge in [-0.1, -0.05) is 48.5 Å². The smallest absolute Gasteiger partial charge is 0.307 e. The van der Waals surface area contributed by atoms with E-state index in [0.717, 1.165) is 30.6 Å². The van der Waals surface area contributed by atoms with Gasteiger partial charge in [-0.2, -0.15) is 0 Å². The predicted molar refractivity (Wildman–Crippen MR) is 107 cm³/mol. The molecule has 0 fully saturated rings. The Morgan fingerprint density at radius 1 is 1.08 bits per heavy atom. The van der Waals surface area contributed by atoms with Crippen LogP contribution in [0.4, 0.5) is 0 Å². The highest BCUT2D eigenvalue weighted by atomic mass is 32.2. The molecule has 0 bridgehead atoms. The van der Waals surface area contributed by atoms with Crippen LogP contribution in [0.1, 0.15) is 18.4 Å². The fraction of sp³-hybridized carbons (Fsp3) is 0.333. The second-order valence-electron chi connectivity index (χ2n) is 6.11. The molecule has 5 heteroatoms. The van der Waals surface area contributed by atoms with Crippen LogP contribution in [0.5, 0.6) is 0 Å². The lowest BCUT2D eigenvalue weighted by Gasteiger charge is -2.12. The van der Waals surface area contributed by atoms with Gasteiger partial charge in [0.15, 0.2) is 0 Å². The van der Waals surface area contributed by atoms with Gasteiger partial charge in [-0.15, -0.1) is 11.8 Å². The van der Waals surface area contributed by atoms with E-state index in [1.54, 1.807) is 25.9 Å². The van der Waals surface area contributed by atoms with E-state index in [1.165, 1.54) is 10.5 Å². The average Bonchev–Trinajstić information content (AvgIpc) is 2.66. The molecule has 1 amide bonds. The van der Waals surface area contributed by atoms with Crippen molar-refractivity contribution in [3.63, 3.8) is 0 Å². The fourth-order valence-electron chi connectivity index (χ4n) is 2.19. The molecule has 0 aliphatic rings. The van der Waals surface area contributed by atoms with Crippen molar-refractivity contribution >= 4 is 24.1 Å². The fourth-order valence-corrected chi connectivity index (χ4v) is 3.24. The number of carbonyl (C=O) groups excluding carboxylic acids is 1. The van der Waals surface area contributed by atoms with Crippen molar-refractivity contribution < 1.29 is 14.7 Å². The number of carbonyl (C=O) groups is 2. The number of nitrogens with zero attached hydrogens (tertiary/aromatic N) is 1. The molecule has 140 valence electrons. The average molecular weight is 374 g/mol. The van der Waals surface area contributed by atoms with Crippen LogP contribution in [-0.2, 0) is 16.0 Å². The summed E-state index contributed by atoms with van der Waals surface area (Å²) in [4.78, 5) is 23.4. The Morgan fingerprint density at radius 3 is 2.12 bits per heavy atom. The highest BCUT2D eigenvalue weighted by Crippen LogP contribution is 2.23. The first-order chi connectivity index (χ1) is 12.5. The Bertz CT molecular complexity index is 632. The maximum absolute atomic E-state index is 11.3. The highest BCUT2D eigenvalue weighted by Gasteiger charge is 2.17. The highest BCUT2D eigenvalue weighted by molar-refractivity contribution is 7.99. The van der Waals surface area contributed by atoms with Crippen LogP contribution in [0.2, 0.25) is 0 Å². The first-order valence-corrected chi connectivity index (χ1v) is 9.57. The molecule has 0 heterocycles. The molecule has 4 nitrogen and oxygen atoms in total. The second kappa shape index (κ2) is 13.0. The number of carboxylic acid groups (broad SMARTS) is 1. The monoisotopic (exact) mass is 373 g/mol. The number of thioether (sulfide) groups is 1. The van der Waals surface area contributed by atoms with Gasteiger partial charge in [0.25, 0.3) is 0 Å². The zero-order valence-corrected chi connectivity index (χ0v) is 16.2. The predicted octanol–water partition coefficient (Wildman–Crippen LogP) is 4.21. The first kappa shape index (κ1) is 21.8. The zero-order chi connectivity index (χ0) is 19.2. The largest absolute Gasteiger partial charge is 0.481 e. The van der Waals surface area contributed by atoms with Crippen LogP contribution in [-0.4, -0.2) is 42.2 Å². The molecule has 2 aromatic rings. The Balaban J connectivity index is 0.000000597. The molecule has 1 atom stereocenters. The molecule has 26 heavy (non-hydrogen) atoms. The topological polar surface area (TPSA) is 57.6 Å². The summed E-state index contributed by atoms with van der Waals surface area (Å²) in [6, 6.07) is 20.2. The molecule has 1 N–H and O–H groups in total. The van der Waals surface area contributed by atoms with Crippen LogP contribution >= 0.6 is 11.8 Å². The molecule has 2 aromatic carbocycles. The van der Waals surface area contributed by atoms with Crippen LogP contribution in [0.3, 0.4) is 0 Å². The Kier molecular flexibility index (Phi) is 10.9. The minimum Gasteiger partial charge on any atom is -0.481 e. The molecule has 1 unspecified atom stereocenters. The summed E-state index contributed by atoms with van der Waals surface area (Å²) in [5.74, 6) is -0.334. The van der Waals surface area contributed by atoms with Gasteiger partial charge in [-0.3, -0.25) is 9.59 Å². The van der Waals surface area contributed by atoms with Crippen molar-refractivity contribution in [3.8, 4) is 0 Å². The molecule has 2 rings (SSSR count). The molecule has 0 aliphatic heterocycles. The molecular formula is C21H27NO3S. The van der Waals surface area contributed by atoms with Crippen molar-refractivity contribution in [1.82, 2.24) is 4.90 Å². The molecular weight excluding hydrogens is 346 g/mol. The molecule has 0 saturated heterocycles. The van der Waals surface area contributed by atoms with Crippen LogP contribution in [0.15, 0.2) is 65.6 Å². The molecule has 0 radical (unpaired) electrons. The van der Waals surface area contributed by atoms with E-state index in [0.29, 0.717) is 5.75 Å². The summed E-state index contributed by atoms with van der Waals surface area (Å²) in [5, 5.41) is 9.34. The number of aliphatic carboxylic acids is 1. The van der Waals surface area contributed by atoms with E-state index in [9.17, 15) is 14.7 Å². The minimum absolute atomic E-state index is 0.279. The SMILES string of the molecule is CN(C)C=O.O=C(O)C(CCCc1ccccc1)CSc1ccccc1. The van der Waals surface area contributed by atoms with Crippen molar-refractivity contribution in [1.29, 1.82) is 0 Å². The summed E-state index contributed by atoms with van der Waals surface area (Å²) in [6.07, 6.45) is 3.33. The number of amides is 1. The second-order valence-corrected chi connectivity index (χ2v) is 7.20. The summed E-state index contributed by atoms with van der Waals surface area (Å²) >= 11 is 1.62.